The lowest BCUT2D eigenvalue weighted by atomic mass is 9.96. The van der Waals surface area contributed by atoms with Gasteiger partial charge in [-0.1, -0.05) is 18.2 Å². The molecule has 2 aliphatic heterocycles. The largest absolute Gasteiger partial charge is 0.369 e. The maximum absolute atomic E-state index is 13.2. The van der Waals surface area contributed by atoms with Crippen molar-refractivity contribution in [2.24, 2.45) is 11.7 Å². The van der Waals surface area contributed by atoms with E-state index in [1.165, 1.54) is 11.3 Å². The zero-order chi connectivity index (χ0) is 25.2. The number of nitrogens with two attached hydrogens (primary N) is 1. The highest BCUT2D eigenvalue weighted by Gasteiger charge is 2.31. The first-order valence-corrected chi connectivity index (χ1v) is 13.2. The fourth-order valence-corrected chi connectivity index (χ4v) is 6.04. The molecule has 4 heterocycles. The van der Waals surface area contributed by atoms with Gasteiger partial charge in [0.2, 0.25) is 5.91 Å². The SMILES string of the molecule is Cc1c(C(=O)N2CCC(c3nc(C(=O)N4CCCC(C(N)=O)C4)cs3)CC2)cnn1-c1ccccc1. The molecule has 2 aliphatic rings. The summed E-state index contributed by atoms with van der Waals surface area (Å²) in [6, 6.07) is 9.78. The first kappa shape index (κ1) is 24.2. The van der Waals surface area contributed by atoms with Crippen LogP contribution < -0.4 is 5.73 Å². The van der Waals surface area contributed by atoms with E-state index in [0.717, 1.165) is 42.1 Å². The summed E-state index contributed by atoms with van der Waals surface area (Å²) in [7, 11) is 0. The van der Waals surface area contributed by atoms with Crippen LogP contribution >= 0.6 is 11.3 Å². The van der Waals surface area contributed by atoms with Gasteiger partial charge in [0.25, 0.3) is 11.8 Å². The topological polar surface area (TPSA) is 114 Å². The number of benzene rings is 1. The number of thiazole rings is 1. The molecule has 0 saturated carbocycles. The van der Waals surface area contributed by atoms with Gasteiger partial charge in [0.1, 0.15) is 5.69 Å². The average Bonchev–Trinajstić information content (AvgIpc) is 3.56. The molecule has 3 amide bonds. The van der Waals surface area contributed by atoms with Gasteiger partial charge >= 0.3 is 0 Å². The molecule has 1 atom stereocenters. The summed E-state index contributed by atoms with van der Waals surface area (Å²) in [5, 5.41) is 7.18. The number of aromatic nitrogens is 3. The third kappa shape index (κ3) is 4.77. The quantitative estimate of drug-likeness (QED) is 0.571. The highest BCUT2D eigenvalue weighted by molar-refractivity contribution is 7.09. The van der Waals surface area contributed by atoms with Gasteiger partial charge in [0, 0.05) is 37.5 Å². The maximum Gasteiger partial charge on any atom is 0.273 e. The van der Waals surface area contributed by atoms with Crippen LogP contribution in [0, 0.1) is 12.8 Å². The molecule has 9 nitrogen and oxygen atoms in total. The molecule has 188 valence electrons. The third-order valence-corrected chi connectivity index (χ3v) is 8.23. The van der Waals surface area contributed by atoms with Crippen molar-refractivity contribution in [1.29, 1.82) is 0 Å². The fraction of sp³-hybridized carbons (Fsp3) is 0.423. The van der Waals surface area contributed by atoms with Crippen LogP contribution in [0.1, 0.15) is 63.1 Å². The number of para-hydroxylation sites is 1. The molecular formula is C26H30N6O3S. The van der Waals surface area contributed by atoms with Gasteiger partial charge in [-0.15, -0.1) is 11.3 Å². The van der Waals surface area contributed by atoms with E-state index in [4.69, 9.17) is 5.73 Å². The van der Waals surface area contributed by atoms with E-state index >= 15 is 0 Å². The van der Waals surface area contributed by atoms with E-state index in [1.807, 2.05) is 47.5 Å². The number of piperidine rings is 2. The van der Waals surface area contributed by atoms with Crippen molar-refractivity contribution < 1.29 is 14.4 Å². The molecule has 2 fully saturated rings. The lowest BCUT2D eigenvalue weighted by molar-refractivity contribution is -0.123. The molecule has 5 rings (SSSR count). The van der Waals surface area contributed by atoms with Gasteiger partial charge in [-0.3, -0.25) is 14.4 Å². The van der Waals surface area contributed by atoms with E-state index in [1.54, 1.807) is 15.8 Å². The number of carbonyl (C=O) groups is 3. The van der Waals surface area contributed by atoms with Gasteiger partial charge in [0.05, 0.1) is 34.1 Å². The summed E-state index contributed by atoms with van der Waals surface area (Å²) in [4.78, 5) is 46.0. The van der Waals surface area contributed by atoms with Crippen LogP contribution in [0.15, 0.2) is 41.9 Å². The fourth-order valence-electron chi connectivity index (χ4n) is 5.08. The number of nitrogens with zero attached hydrogens (tertiary/aromatic N) is 5. The molecular weight excluding hydrogens is 476 g/mol. The lowest BCUT2D eigenvalue weighted by Crippen LogP contribution is -2.44. The van der Waals surface area contributed by atoms with Gasteiger partial charge < -0.3 is 15.5 Å². The highest BCUT2D eigenvalue weighted by atomic mass is 32.1. The van der Waals surface area contributed by atoms with Crippen LogP contribution in [0.3, 0.4) is 0 Å². The second-order valence-electron chi connectivity index (χ2n) is 9.52. The van der Waals surface area contributed by atoms with Crippen LogP contribution in [-0.2, 0) is 4.79 Å². The number of carbonyl (C=O) groups excluding carboxylic acids is 3. The summed E-state index contributed by atoms with van der Waals surface area (Å²) in [6.45, 7) is 4.17. The Morgan fingerprint density at radius 3 is 2.47 bits per heavy atom. The molecule has 0 bridgehead atoms. The van der Waals surface area contributed by atoms with Gasteiger partial charge in [-0.2, -0.15) is 5.10 Å². The van der Waals surface area contributed by atoms with Crippen LogP contribution in [0.2, 0.25) is 0 Å². The van der Waals surface area contributed by atoms with Crippen molar-refractivity contribution >= 4 is 29.1 Å². The molecule has 36 heavy (non-hydrogen) atoms. The van der Waals surface area contributed by atoms with Crippen LogP contribution in [0.4, 0.5) is 0 Å². The number of rotatable bonds is 5. The molecule has 3 aromatic rings. The van der Waals surface area contributed by atoms with Gasteiger partial charge in [-0.05, 0) is 44.7 Å². The minimum Gasteiger partial charge on any atom is -0.369 e. The van der Waals surface area contributed by atoms with Crippen molar-refractivity contribution in [2.45, 2.75) is 38.5 Å². The predicted molar refractivity (Wildman–Crippen MR) is 136 cm³/mol. The Kier molecular flexibility index (Phi) is 6.86. The Labute approximate surface area is 213 Å². The minimum absolute atomic E-state index is 0.00256. The summed E-state index contributed by atoms with van der Waals surface area (Å²) in [6.07, 6.45) is 4.75. The lowest BCUT2D eigenvalue weighted by Gasteiger charge is -2.31. The molecule has 2 N–H and O–H groups in total. The molecule has 2 aromatic heterocycles. The molecule has 0 aliphatic carbocycles. The number of hydrogen-bond acceptors (Lipinski definition) is 6. The Bertz CT molecular complexity index is 1260. The van der Waals surface area contributed by atoms with E-state index in [9.17, 15) is 14.4 Å². The number of likely N-dealkylation sites (tertiary alicyclic amines) is 2. The van der Waals surface area contributed by atoms with Gasteiger partial charge in [0.15, 0.2) is 0 Å². The molecule has 0 spiro atoms. The Hall–Kier alpha value is -3.53. The molecule has 2 saturated heterocycles. The zero-order valence-electron chi connectivity index (χ0n) is 20.3. The standard InChI is InChI=1S/C26H30N6O3S/c1-17-21(14-28-32(17)20-7-3-2-4-8-20)25(34)30-12-9-18(10-13-30)24-29-22(16-36-24)26(35)31-11-5-6-19(15-31)23(27)33/h2-4,7-8,14,16,18-19H,5-6,9-13,15H2,1H3,(H2,27,33). The summed E-state index contributed by atoms with van der Waals surface area (Å²) < 4.78 is 1.79. The van der Waals surface area contributed by atoms with Crippen LogP contribution in [-0.4, -0.2) is 68.5 Å². The van der Waals surface area contributed by atoms with E-state index in [-0.39, 0.29) is 29.6 Å². The Morgan fingerprint density at radius 1 is 1.00 bits per heavy atom. The monoisotopic (exact) mass is 506 g/mol. The number of amides is 3. The maximum atomic E-state index is 13.2. The molecule has 1 aromatic carbocycles. The second kappa shape index (κ2) is 10.2. The van der Waals surface area contributed by atoms with Crippen molar-refractivity contribution in [3.8, 4) is 5.69 Å². The third-order valence-electron chi connectivity index (χ3n) is 7.22. The van der Waals surface area contributed by atoms with Crippen LogP contribution in [0.5, 0.6) is 0 Å². The van der Waals surface area contributed by atoms with Crippen LogP contribution in [0.25, 0.3) is 5.69 Å². The number of primary amides is 1. The first-order chi connectivity index (χ1) is 17.4. The van der Waals surface area contributed by atoms with E-state index in [2.05, 4.69) is 10.1 Å². The summed E-state index contributed by atoms with van der Waals surface area (Å²) in [5.41, 5.74) is 8.26. The summed E-state index contributed by atoms with van der Waals surface area (Å²) in [5.74, 6) is -0.561. The van der Waals surface area contributed by atoms with Gasteiger partial charge in [-0.25, -0.2) is 9.67 Å². The Balaban J connectivity index is 1.20. The van der Waals surface area contributed by atoms with Crippen molar-refractivity contribution in [2.75, 3.05) is 26.2 Å². The van der Waals surface area contributed by atoms with Crippen molar-refractivity contribution in [3.63, 3.8) is 0 Å². The van der Waals surface area contributed by atoms with Crippen molar-refractivity contribution in [1.82, 2.24) is 24.6 Å². The minimum atomic E-state index is -0.351. The molecule has 10 heteroatoms. The molecule has 1 unspecified atom stereocenters. The average molecular weight is 507 g/mol. The smallest absolute Gasteiger partial charge is 0.273 e. The zero-order valence-corrected chi connectivity index (χ0v) is 21.1. The number of hydrogen-bond donors (Lipinski definition) is 1. The van der Waals surface area contributed by atoms with E-state index < -0.39 is 0 Å². The second-order valence-corrected chi connectivity index (χ2v) is 10.4. The van der Waals surface area contributed by atoms with Crippen molar-refractivity contribution in [3.05, 3.63) is 63.9 Å². The molecule has 0 radical (unpaired) electrons. The predicted octanol–water partition coefficient (Wildman–Crippen LogP) is 2.99. The summed E-state index contributed by atoms with van der Waals surface area (Å²) >= 11 is 1.50. The highest BCUT2D eigenvalue weighted by Crippen LogP contribution is 2.32. The Morgan fingerprint density at radius 2 is 1.75 bits per heavy atom. The normalized spacial score (nSPS) is 18.9. The first-order valence-electron chi connectivity index (χ1n) is 12.4. The van der Waals surface area contributed by atoms with E-state index in [0.29, 0.717) is 37.4 Å².